The molecule has 1 heterocycles. The van der Waals surface area contributed by atoms with Gasteiger partial charge >= 0.3 is 0 Å². The Balaban J connectivity index is 2.84. The lowest BCUT2D eigenvalue weighted by Crippen LogP contribution is -2.04. The summed E-state index contributed by atoms with van der Waals surface area (Å²) in [5, 5.41) is 0.949. The fourth-order valence-corrected chi connectivity index (χ4v) is 1.37. The lowest BCUT2D eigenvalue weighted by Gasteiger charge is -2.05. The quantitative estimate of drug-likeness (QED) is 0.670. The number of fused-ring (bicyclic) bond motifs is 1. The maximum absolute atomic E-state index is 5.19. The SMILES string of the molecule is Cc1cnc2ccccc2c1ON. The second-order valence-corrected chi connectivity index (χ2v) is 2.91. The van der Waals surface area contributed by atoms with Crippen LogP contribution in [0.1, 0.15) is 5.56 Å². The molecule has 1 aromatic carbocycles. The molecule has 0 spiro atoms. The van der Waals surface area contributed by atoms with Crippen LogP contribution in [0.3, 0.4) is 0 Å². The van der Waals surface area contributed by atoms with Crippen molar-refractivity contribution >= 4 is 10.9 Å². The number of hydrogen-bond donors (Lipinski definition) is 1. The van der Waals surface area contributed by atoms with Crippen molar-refractivity contribution in [2.45, 2.75) is 6.92 Å². The minimum absolute atomic E-state index is 0.700. The Kier molecular flexibility index (Phi) is 1.87. The van der Waals surface area contributed by atoms with Crippen molar-refractivity contribution in [2.24, 2.45) is 5.90 Å². The van der Waals surface area contributed by atoms with E-state index in [4.69, 9.17) is 10.7 Å². The van der Waals surface area contributed by atoms with Crippen molar-refractivity contribution in [1.82, 2.24) is 4.98 Å². The Labute approximate surface area is 76.1 Å². The Hall–Kier alpha value is -1.61. The normalized spacial score (nSPS) is 10.3. The maximum Gasteiger partial charge on any atom is 0.160 e. The Bertz CT molecular complexity index is 440. The highest BCUT2D eigenvalue weighted by Gasteiger charge is 2.04. The molecule has 0 radical (unpaired) electrons. The maximum atomic E-state index is 5.19. The lowest BCUT2D eigenvalue weighted by atomic mass is 10.1. The Morgan fingerprint density at radius 2 is 2.08 bits per heavy atom. The first-order chi connectivity index (χ1) is 6.33. The van der Waals surface area contributed by atoms with E-state index >= 15 is 0 Å². The third kappa shape index (κ3) is 1.23. The van der Waals surface area contributed by atoms with Gasteiger partial charge in [-0.2, -0.15) is 5.90 Å². The number of aryl methyl sites for hydroxylation is 1. The monoisotopic (exact) mass is 174 g/mol. The predicted molar refractivity (Wildman–Crippen MR) is 51.3 cm³/mol. The molecule has 2 rings (SSSR count). The molecule has 0 unspecified atom stereocenters. The molecule has 0 amide bonds. The summed E-state index contributed by atoms with van der Waals surface area (Å²) in [6.07, 6.45) is 1.75. The van der Waals surface area contributed by atoms with Crippen LogP contribution in [0.4, 0.5) is 0 Å². The van der Waals surface area contributed by atoms with Crippen LogP contribution in [0.2, 0.25) is 0 Å². The highest BCUT2D eigenvalue weighted by Crippen LogP contribution is 2.26. The van der Waals surface area contributed by atoms with Gasteiger partial charge in [0.05, 0.1) is 5.52 Å². The topological polar surface area (TPSA) is 48.1 Å². The summed E-state index contributed by atoms with van der Waals surface area (Å²) in [6.45, 7) is 1.92. The van der Waals surface area contributed by atoms with Crippen molar-refractivity contribution < 1.29 is 4.84 Å². The molecule has 3 nitrogen and oxygen atoms in total. The molecular formula is C10H10N2O. The van der Waals surface area contributed by atoms with Gasteiger partial charge in [0.15, 0.2) is 5.75 Å². The largest absolute Gasteiger partial charge is 0.410 e. The van der Waals surface area contributed by atoms with Crippen LogP contribution in [0.25, 0.3) is 10.9 Å². The molecule has 0 saturated carbocycles. The molecule has 66 valence electrons. The summed E-state index contributed by atoms with van der Waals surface area (Å²) in [5.74, 6) is 5.89. The van der Waals surface area contributed by atoms with Crippen LogP contribution in [-0.2, 0) is 0 Å². The van der Waals surface area contributed by atoms with Crippen molar-refractivity contribution in [2.75, 3.05) is 0 Å². The fourth-order valence-electron chi connectivity index (χ4n) is 1.37. The molecule has 0 aliphatic carbocycles. The van der Waals surface area contributed by atoms with Gasteiger partial charge in [0, 0.05) is 17.1 Å². The van der Waals surface area contributed by atoms with E-state index in [2.05, 4.69) is 4.98 Å². The van der Waals surface area contributed by atoms with E-state index in [0.29, 0.717) is 5.75 Å². The average Bonchev–Trinajstić information content (AvgIpc) is 2.18. The van der Waals surface area contributed by atoms with Gasteiger partial charge in [-0.1, -0.05) is 12.1 Å². The van der Waals surface area contributed by atoms with Gasteiger partial charge in [0.1, 0.15) is 0 Å². The van der Waals surface area contributed by atoms with Crippen molar-refractivity contribution in [3.63, 3.8) is 0 Å². The van der Waals surface area contributed by atoms with Gasteiger partial charge in [-0.05, 0) is 19.1 Å². The van der Waals surface area contributed by atoms with Gasteiger partial charge in [0.2, 0.25) is 0 Å². The molecule has 0 saturated heterocycles. The zero-order valence-electron chi connectivity index (χ0n) is 7.32. The summed E-state index contributed by atoms with van der Waals surface area (Å²) in [7, 11) is 0. The van der Waals surface area contributed by atoms with Gasteiger partial charge in [0.25, 0.3) is 0 Å². The summed E-state index contributed by atoms with van der Waals surface area (Å²) in [6, 6.07) is 7.74. The second kappa shape index (κ2) is 3.03. The highest BCUT2D eigenvalue weighted by atomic mass is 16.6. The number of pyridine rings is 1. The molecule has 0 atom stereocenters. The summed E-state index contributed by atoms with van der Waals surface area (Å²) < 4.78 is 0. The van der Waals surface area contributed by atoms with Crippen molar-refractivity contribution in [3.05, 3.63) is 36.0 Å². The van der Waals surface area contributed by atoms with E-state index in [1.165, 1.54) is 0 Å². The molecule has 0 aliphatic heterocycles. The molecule has 2 N–H and O–H groups in total. The minimum atomic E-state index is 0.700. The zero-order valence-corrected chi connectivity index (χ0v) is 7.32. The first-order valence-electron chi connectivity index (χ1n) is 4.04. The summed E-state index contributed by atoms with van der Waals surface area (Å²) >= 11 is 0. The van der Waals surface area contributed by atoms with E-state index in [9.17, 15) is 0 Å². The van der Waals surface area contributed by atoms with E-state index in [1.54, 1.807) is 6.20 Å². The van der Waals surface area contributed by atoms with Crippen LogP contribution in [0.15, 0.2) is 30.5 Å². The van der Waals surface area contributed by atoms with Gasteiger partial charge in [-0.3, -0.25) is 4.98 Å². The first-order valence-corrected chi connectivity index (χ1v) is 4.04. The van der Waals surface area contributed by atoms with Crippen molar-refractivity contribution in [3.8, 4) is 5.75 Å². The van der Waals surface area contributed by atoms with Crippen LogP contribution in [0.5, 0.6) is 5.75 Å². The molecular weight excluding hydrogens is 164 g/mol. The number of nitrogens with zero attached hydrogens (tertiary/aromatic N) is 1. The van der Waals surface area contributed by atoms with Crippen molar-refractivity contribution in [1.29, 1.82) is 0 Å². The van der Waals surface area contributed by atoms with Crippen LogP contribution in [-0.4, -0.2) is 4.98 Å². The molecule has 1 aromatic heterocycles. The lowest BCUT2D eigenvalue weighted by molar-refractivity contribution is 0.336. The van der Waals surface area contributed by atoms with E-state index < -0.39 is 0 Å². The number of benzene rings is 1. The third-order valence-corrected chi connectivity index (χ3v) is 2.02. The Morgan fingerprint density at radius 1 is 1.31 bits per heavy atom. The molecule has 13 heavy (non-hydrogen) atoms. The summed E-state index contributed by atoms with van der Waals surface area (Å²) in [5.41, 5.74) is 1.84. The third-order valence-electron chi connectivity index (χ3n) is 2.02. The average molecular weight is 174 g/mol. The van der Waals surface area contributed by atoms with E-state index in [0.717, 1.165) is 16.5 Å². The van der Waals surface area contributed by atoms with Crippen LogP contribution >= 0.6 is 0 Å². The van der Waals surface area contributed by atoms with Crippen LogP contribution in [0, 0.1) is 6.92 Å². The summed E-state index contributed by atoms with van der Waals surface area (Å²) in [4.78, 5) is 9.07. The number of nitrogens with two attached hydrogens (primary N) is 1. The highest BCUT2D eigenvalue weighted by molar-refractivity contribution is 5.85. The van der Waals surface area contributed by atoms with Gasteiger partial charge in [-0.25, -0.2) is 0 Å². The molecule has 0 fully saturated rings. The smallest absolute Gasteiger partial charge is 0.160 e. The molecule has 0 aliphatic rings. The zero-order chi connectivity index (χ0) is 9.26. The molecule has 0 bridgehead atoms. The molecule has 3 heteroatoms. The number of aromatic nitrogens is 1. The number of rotatable bonds is 1. The second-order valence-electron chi connectivity index (χ2n) is 2.91. The number of para-hydroxylation sites is 1. The van der Waals surface area contributed by atoms with E-state index in [1.807, 2.05) is 31.2 Å². The van der Waals surface area contributed by atoms with Gasteiger partial charge < -0.3 is 4.84 Å². The molecule has 2 aromatic rings. The Morgan fingerprint density at radius 3 is 2.85 bits per heavy atom. The first kappa shape index (κ1) is 8.01. The fraction of sp³-hybridized carbons (Fsp3) is 0.100. The predicted octanol–water partition coefficient (Wildman–Crippen LogP) is 1.80. The number of hydrogen-bond acceptors (Lipinski definition) is 3. The standard InChI is InChI=1S/C10H10N2O/c1-7-6-12-9-5-3-2-4-8(9)10(7)13-11/h2-6H,11H2,1H3. The van der Waals surface area contributed by atoms with Crippen LogP contribution < -0.4 is 10.7 Å². The van der Waals surface area contributed by atoms with Gasteiger partial charge in [-0.15, -0.1) is 0 Å². The van der Waals surface area contributed by atoms with E-state index in [-0.39, 0.29) is 0 Å². The minimum Gasteiger partial charge on any atom is -0.410 e.